The number of aromatic amines is 1. The number of aromatic hydroxyl groups is 1. The predicted octanol–water partition coefficient (Wildman–Crippen LogP) is 2.74. The Labute approximate surface area is 177 Å². The van der Waals surface area contributed by atoms with Crippen LogP contribution in [-0.4, -0.2) is 69.0 Å². The third-order valence-corrected chi connectivity index (χ3v) is 4.40. The van der Waals surface area contributed by atoms with Gasteiger partial charge in [-0.3, -0.25) is 0 Å². The summed E-state index contributed by atoms with van der Waals surface area (Å²) in [6, 6.07) is 3.47. The Bertz CT molecular complexity index is 663. The molecule has 0 atom stereocenters. The van der Waals surface area contributed by atoms with Gasteiger partial charge in [0.15, 0.2) is 17.3 Å². The van der Waals surface area contributed by atoms with Gasteiger partial charge < -0.3 is 14.6 Å². The summed E-state index contributed by atoms with van der Waals surface area (Å²) < 4.78 is 11.0. The van der Waals surface area contributed by atoms with Crippen LogP contribution in [-0.2, 0) is 11.8 Å². The van der Waals surface area contributed by atoms with Crippen LogP contribution in [0.1, 0.15) is 57.8 Å². The van der Waals surface area contributed by atoms with Crippen molar-refractivity contribution in [3.63, 3.8) is 0 Å². The van der Waals surface area contributed by atoms with Gasteiger partial charge in [-0.1, -0.05) is 38.8 Å². The van der Waals surface area contributed by atoms with Gasteiger partial charge in [-0.15, -0.1) is 10.2 Å². The second kappa shape index (κ2) is 10.7. The van der Waals surface area contributed by atoms with Crippen LogP contribution in [0.15, 0.2) is 12.1 Å². The summed E-state index contributed by atoms with van der Waals surface area (Å²) in [5.41, 5.74) is 0.957. The number of rotatable bonds is 10. The van der Waals surface area contributed by atoms with E-state index in [2.05, 4.69) is 41.4 Å². The summed E-state index contributed by atoms with van der Waals surface area (Å²) in [6.07, 6.45) is 4.91. The molecule has 0 aliphatic carbocycles. The standard InChI is InChI=1S/C18H28N4O3.Na.H/c1-5-13-11-16(24-4)14(23)12-15(13)25-10-8-6-7-9-18(2,3)17-19-21-22-20-17;;/h11-12,23H,5-10H2,1-4H3,(H,19,20,21,22);;. The van der Waals surface area contributed by atoms with Crippen molar-refractivity contribution in [3.05, 3.63) is 23.5 Å². The molecule has 0 unspecified atom stereocenters. The van der Waals surface area contributed by atoms with Crippen LogP contribution in [0.25, 0.3) is 0 Å². The van der Waals surface area contributed by atoms with Gasteiger partial charge in [-0.25, -0.2) is 0 Å². The zero-order valence-electron chi connectivity index (χ0n) is 15.5. The second-order valence-electron chi connectivity index (χ2n) is 6.76. The molecular weight excluding hydrogens is 343 g/mol. The van der Waals surface area contributed by atoms with Gasteiger partial charge in [0.1, 0.15) is 5.75 Å². The van der Waals surface area contributed by atoms with Gasteiger partial charge in [0.25, 0.3) is 0 Å². The molecule has 0 spiro atoms. The summed E-state index contributed by atoms with van der Waals surface area (Å²) >= 11 is 0. The number of nitrogens with one attached hydrogen (secondary N) is 1. The zero-order valence-corrected chi connectivity index (χ0v) is 15.5. The Morgan fingerprint density at radius 1 is 1.15 bits per heavy atom. The molecule has 1 aromatic carbocycles. The molecule has 0 fully saturated rings. The monoisotopic (exact) mass is 372 g/mol. The number of unbranched alkanes of at least 4 members (excludes halogenated alkanes) is 2. The second-order valence-corrected chi connectivity index (χ2v) is 6.76. The Balaban J connectivity index is 0.00000338. The molecule has 2 rings (SSSR count). The maximum absolute atomic E-state index is 9.91. The van der Waals surface area contributed by atoms with Gasteiger partial charge in [-0.2, -0.15) is 5.21 Å². The maximum atomic E-state index is 9.91. The fraction of sp³-hybridized carbons (Fsp3) is 0.611. The van der Waals surface area contributed by atoms with Crippen molar-refractivity contribution in [2.45, 2.75) is 58.3 Å². The third-order valence-electron chi connectivity index (χ3n) is 4.40. The topological polar surface area (TPSA) is 93.1 Å². The molecule has 0 amide bonds. The average Bonchev–Trinajstić information content (AvgIpc) is 3.13. The third kappa shape index (κ3) is 6.14. The van der Waals surface area contributed by atoms with Crippen molar-refractivity contribution in [1.82, 2.24) is 20.6 Å². The average molecular weight is 372 g/mol. The summed E-state index contributed by atoms with van der Waals surface area (Å²) in [4.78, 5) is 0. The fourth-order valence-electron chi connectivity index (χ4n) is 2.75. The van der Waals surface area contributed by atoms with Gasteiger partial charge in [0.2, 0.25) is 0 Å². The summed E-state index contributed by atoms with van der Waals surface area (Å²) in [5.74, 6) is 2.07. The molecule has 0 saturated carbocycles. The number of phenolic OH excluding ortho intramolecular Hbond substituents is 1. The van der Waals surface area contributed by atoms with Crippen molar-refractivity contribution in [2.24, 2.45) is 0 Å². The Kier molecular flexibility index (Phi) is 9.39. The number of nitrogens with zero attached hydrogens (tertiary/aromatic N) is 3. The van der Waals surface area contributed by atoms with Gasteiger partial charge in [0.05, 0.1) is 13.7 Å². The van der Waals surface area contributed by atoms with Crippen LogP contribution >= 0.6 is 0 Å². The number of benzene rings is 1. The minimum absolute atomic E-state index is 0. The molecule has 8 heteroatoms. The van der Waals surface area contributed by atoms with Gasteiger partial charge in [0, 0.05) is 11.5 Å². The van der Waals surface area contributed by atoms with Crippen molar-refractivity contribution in [3.8, 4) is 17.2 Å². The van der Waals surface area contributed by atoms with Gasteiger partial charge in [-0.05, 0) is 30.9 Å². The number of tetrazole rings is 1. The van der Waals surface area contributed by atoms with Crippen molar-refractivity contribution < 1.29 is 14.6 Å². The molecule has 1 aromatic heterocycles. The molecule has 2 N–H and O–H groups in total. The van der Waals surface area contributed by atoms with E-state index in [1.54, 1.807) is 13.2 Å². The van der Waals surface area contributed by atoms with Crippen LogP contribution in [0.3, 0.4) is 0 Å². The molecule has 26 heavy (non-hydrogen) atoms. The normalized spacial score (nSPS) is 11.1. The molecule has 0 bridgehead atoms. The minimum atomic E-state index is -0.0784. The molecule has 0 saturated heterocycles. The van der Waals surface area contributed by atoms with Crippen LogP contribution < -0.4 is 9.47 Å². The SMILES string of the molecule is CCc1cc(OC)c(O)cc1OCCCCCC(C)(C)c1nn[nH]n1.[NaH]. The first-order valence-electron chi connectivity index (χ1n) is 8.74. The molecule has 0 radical (unpaired) electrons. The van der Waals surface area contributed by atoms with Crippen molar-refractivity contribution >= 4 is 29.6 Å². The number of phenols is 1. The van der Waals surface area contributed by atoms with E-state index in [1.807, 2.05) is 6.07 Å². The molecule has 0 aliphatic rings. The number of ether oxygens (including phenoxy) is 2. The summed E-state index contributed by atoms with van der Waals surface area (Å²) in [6.45, 7) is 6.93. The van der Waals surface area contributed by atoms with E-state index < -0.39 is 0 Å². The number of aromatic nitrogens is 4. The molecule has 7 nitrogen and oxygen atoms in total. The van der Waals surface area contributed by atoms with Crippen LogP contribution in [0.4, 0.5) is 0 Å². The van der Waals surface area contributed by atoms with Gasteiger partial charge >= 0.3 is 29.6 Å². The van der Waals surface area contributed by atoms with E-state index in [-0.39, 0.29) is 40.7 Å². The van der Waals surface area contributed by atoms with E-state index in [0.29, 0.717) is 12.4 Å². The van der Waals surface area contributed by atoms with Crippen LogP contribution in [0.5, 0.6) is 17.2 Å². The van der Waals surface area contributed by atoms with E-state index in [0.717, 1.165) is 49.2 Å². The first-order chi connectivity index (χ1) is 12.0. The zero-order chi connectivity index (χ0) is 18.3. The fourth-order valence-corrected chi connectivity index (χ4v) is 2.75. The molecule has 1 heterocycles. The van der Waals surface area contributed by atoms with Crippen LogP contribution in [0, 0.1) is 0 Å². The summed E-state index contributed by atoms with van der Waals surface area (Å²) in [7, 11) is 1.55. The molecule has 2 aromatic rings. The number of hydrogen-bond donors (Lipinski definition) is 2. The number of aryl methyl sites for hydroxylation is 1. The Morgan fingerprint density at radius 3 is 2.54 bits per heavy atom. The first-order valence-corrected chi connectivity index (χ1v) is 8.74. The Hall–Kier alpha value is -1.31. The van der Waals surface area contributed by atoms with Crippen LogP contribution in [0.2, 0.25) is 0 Å². The molecular formula is C18H29N4NaO3. The molecule has 140 valence electrons. The quantitative estimate of drug-likeness (QED) is 0.492. The number of methoxy groups -OCH3 is 1. The van der Waals surface area contributed by atoms with Crippen molar-refractivity contribution in [2.75, 3.05) is 13.7 Å². The Morgan fingerprint density at radius 2 is 1.92 bits per heavy atom. The first kappa shape index (κ1) is 22.7. The number of H-pyrrole nitrogens is 1. The van der Waals surface area contributed by atoms with Crippen molar-refractivity contribution in [1.29, 1.82) is 0 Å². The predicted molar refractivity (Wildman–Crippen MR) is 102 cm³/mol. The number of hydrogen-bond acceptors (Lipinski definition) is 6. The van der Waals surface area contributed by atoms with E-state index in [9.17, 15) is 5.11 Å². The summed E-state index contributed by atoms with van der Waals surface area (Å²) in [5, 5.41) is 24.2. The van der Waals surface area contributed by atoms with E-state index in [4.69, 9.17) is 9.47 Å². The van der Waals surface area contributed by atoms with E-state index >= 15 is 0 Å². The van der Waals surface area contributed by atoms with E-state index in [1.165, 1.54) is 0 Å². The molecule has 0 aliphatic heterocycles.